The van der Waals surface area contributed by atoms with E-state index < -0.39 is 10.1 Å². The van der Waals surface area contributed by atoms with Crippen LogP contribution in [-0.2, 0) is 14.3 Å². The third-order valence-electron chi connectivity index (χ3n) is 6.02. The van der Waals surface area contributed by atoms with E-state index in [1.54, 1.807) is 12.1 Å². The highest BCUT2D eigenvalue weighted by Crippen LogP contribution is 2.63. The van der Waals surface area contributed by atoms with Crippen LogP contribution in [0.15, 0.2) is 29.2 Å². The van der Waals surface area contributed by atoms with Crippen LogP contribution in [0.2, 0.25) is 0 Å². The van der Waals surface area contributed by atoms with E-state index in [2.05, 4.69) is 0 Å². The largest absolute Gasteiger partial charge is 0.297 e. The molecule has 0 spiro atoms. The highest BCUT2D eigenvalue weighted by atomic mass is 32.3. The summed E-state index contributed by atoms with van der Waals surface area (Å²) < 4.78 is 31.3. The van der Waals surface area contributed by atoms with Crippen molar-refractivity contribution in [3.8, 4) is 0 Å². The van der Waals surface area contributed by atoms with Gasteiger partial charge in [0.2, 0.25) is 0 Å². The van der Waals surface area contributed by atoms with Gasteiger partial charge in [-0.3, -0.25) is 4.18 Å². The van der Waals surface area contributed by atoms with Crippen LogP contribution in [0.25, 0.3) is 0 Å². The van der Waals surface area contributed by atoms with Gasteiger partial charge < -0.3 is 0 Å². The monoisotopic (exact) mass is 312 g/mol. The van der Waals surface area contributed by atoms with E-state index >= 15 is 0 Å². The molecule has 4 atom stereocenters. The van der Waals surface area contributed by atoms with Crippen molar-refractivity contribution in [1.82, 2.24) is 0 Å². The SMILES string of the molecule is Cc1ccc(S(=[18O])(=[18O])[18O][C@]23CCC[C@H]2[C@@H]2CC[C@H]3C2)cc1. The number of aryl methyl sites for hydroxylation is 1. The molecule has 0 heterocycles. The maximum atomic E-state index is 12.7. The van der Waals surface area contributed by atoms with Crippen molar-refractivity contribution in [2.45, 2.75) is 55.9 Å². The van der Waals surface area contributed by atoms with Gasteiger partial charge in [-0.2, -0.15) is 8.42 Å². The fraction of sp³-hybridized carbons (Fsp3) is 0.647. The summed E-state index contributed by atoms with van der Waals surface area (Å²) in [5.74, 6) is 1.62. The molecule has 2 bridgehead atoms. The summed E-state index contributed by atoms with van der Waals surface area (Å²) >= 11 is 0. The van der Waals surface area contributed by atoms with Crippen LogP contribution in [0.1, 0.15) is 44.1 Å². The van der Waals surface area contributed by atoms with Crippen molar-refractivity contribution >= 4 is 10.1 Å². The molecule has 3 fully saturated rings. The highest BCUT2D eigenvalue weighted by molar-refractivity contribution is 7.86. The Kier molecular flexibility index (Phi) is 2.99. The van der Waals surface area contributed by atoms with Crippen LogP contribution in [0.3, 0.4) is 0 Å². The van der Waals surface area contributed by atoms with E-state index in [0.717, 1.165) is 31.2 Å². The van der Waals surface area contributed by atoms with E-state index in [1.165, 1.54) is 12.8 Å². The Morgan fingerprint density at radius 2 is 1.90 bits per heavy atom. The molecule has 3 aliphatic rings. The van der Waals surface area contributed by atoms with Crippen molar-refractivity contribution in [3.05, 3.63) is 29.8 Å². The van der Waals surface area contributed by atoms with Gasteiger partial charge in [-0.1, -0.05) is 24.1 Å². The van der Waals surface area contributed by atoms with Crippen molar-refractivity contribution < 1.29 is 12.6 Å². The lowest BCUT2D eigenvalue weighted by atomic mass is 9.79. The molecule has 0 aliphatic heterocycles. The first-order valence-corrected chi connectivity index (χ1v) is 9.44. The van der Waals surface area contributed by atoms with Gasteiger partial charge in [-0.05, 0) is 68.9 Å². The second kappa shape index (κ2) is 4.56. The Labute approximate surface area is 126 Å². The number of hydrogen-bond donors (Lipinski definition) is 0. The summed E-state index contributed by atoms with van der Waals surface area (Å²) in [7, 11) is -3.65. The van der Waals surface area contributed by atoms with Crippen LogP contribution in [0.4, 0.5) is 0 Å². The summed E-state index contributed by atoms with van der Waals surface area (Å²) in [6.07, 6.45) is 6.76. The van der Waals surface area contributed by atoms with E-state index in [0.29, 0.717) is 22.6 Å². The number of hydrogen-bond acceptors (Lipinski definition) is 3. The lowest BCUT2D eigenvalue weighted by molar-refractivity contribution is -0.00920. The lowest BCUT2D eigenvalue weighted by Crippen LogP contribution is -2.43. The summed E-state index contributed by atoms with van der Waals surface area (Å²) in [5, 5.41) is 0. The number of fused-ring (bicyclic) bond motifs is 5. The predicted molar refractivity (Wildman–Crippen MR) is 80.4 cm³/mol. The standard InChI is InChI=1S/C17H22O3S/c1-12-4-8-15(9-5-12)21(18,19)20-17-10-2-3-16(17)13-6-7-14(17)11-13/h4-5,8-9,13-14,16H,2-3,6-7,10-11H2,1H3/t13-,14+,16+,17+/m1/s1/i18+2,19+2,20+2. The van der Waals surface area contributed by atoms with Gasteiger partial charge in [0.25, 0.3) is 10.1 Å². The third kappa shape index (κ3) is 1.99. The average Bonchev–Trinajstić information content (AvgIpc) is 3.10. The zero-order chi connectivity index (χ0) is 14.7. The quantitative estimate of drug-likeness (QED) is 0.632. The Bertz CT molecular complexity index is 649. The topological polar surface area (TPSA) is 43.4 Å². The van der Waals surface area contributed by atoms with Crippen LogP contribution < -0.4 is 0 Å². The molecule has 0 amide bonds. The lowest BCUT2D eigenvalue weighted by Gasteiger charge is -2.38. The fourth-order valence-corrected chi connectivity index (χ4v) is 6.44. The molecule has 0 N–H and O–H groups in total. The minimum Gasteiger partial charge on any atom is -0.259 e. The predicted octanol–water partition coefficient (Wildman–Crippen LogP) is 3.67. The average molecular weight is 312 g/mol. The van der Waals surface area contributed by atoms with Crippen LogP contribution in [-0.4, -0.2) is 14.0 Å². The van der Waals surface area contributed by atoms with Gasteiger partial charge in [-0.25, -0.2) is 0 Å². The third-order valence-corrected chi connectivity index (χ3v) is 7.40. The second-order valence-corrected chi connectivity index (χ2v) is 8.62. The van der Waals surface area contributed by atoms with Gasteiger partial charge in [0, 0.05) is 0 Å². The van der Waals surface area contributed by atoms with Crippen LogP contribution in [0.5, 0.6) is 0 Å². The molecule has 0 aromatic heterocycles. The Morgan fingerprint density at radius 1 is 1.14 bits per heavy atom. The fourth-order valence-electron chi connectivity index (χ4n) is 5.12. The van der Waals surface area contributed by atoms with Crippen molar-refractivity contribution in [2.24, 2.45) is 17.8 Å². The highest BCUT2D eigenvalue weighted by Gasteiger charge is 2.62. The molecule has 1 aromatic carbocycles. The molecular weight excluding hydrogens is 290 g/mol. The van der Waals surface area contributed by atoms with E-state index in [9.17, 15) is 8.42 Å². The Balaban J connectivity index is 1.67. The van der Waals surface area contributed by atoms with Crippen molar-refractivity contribution in [3.63, 3.8) is 0 Å². The van der Waals surface area contributed by atoms with Gasteiger partial charge >= 0.3 is 0 Å². The first-order valence-electron chi connectivity index (χ1n) is 8.04. The zero-order valence-corrected chi connectivity index (χ0v) is 13.2. The molecule has 4 heteroatoms. The van der Waals surface area contributed by atoms with E-state index in [1.807, 2.05) is 19.1 Å². The molecule has 0 radical (unpaired) electrons. The molecule has 4 rings (SSSR count). The normalized spacial score (nSPS) is 37.9. The smallest absolute Gasteiger partial charge is 0.259 e. The molecule has 1 aromatic rings. The zero-order valence-electron chi connectivity index (χ0n) is 12.4. The van der Waals surface area contributed by atoms with Crippen LogP contribution in [0, 0.1) is 24.7 Å². The van der Waals surface area contributed by atoms with Gasteiger partial charge in [0.05, 0.1) is 10.5 Å². The van der Waals surface area contributed by atoms with Gasteiger partial charge in [0.15, 0.2) is 0 Å². The summed E-state index contributed by atoms with van der Waals surface area (Å²) in [4.78, 5) is 0.302. The Hall–Kier alpha value is -0.870. The van der Waals surface area contributed by atoms with Crippen molar-refractivity contribution in [1.29, 1.82) is 0 Å². The number of benzene rings is 1. The maximum Gasteiger partial charge on any atom is 0.297 e. The van der Waals surface area contributed by atoms with E-state index in [4.69, 9.17) is 4.18 Å². The molecule has 114 valence electrons. The van der Waals surface area contributed by atoms with Gasteiger partial charge in [0.1, 0.15) is 0 Å². The minimum absolute atomic E-state index is 0.302. The molecule has 3 saturated carbocycles. The maximum absolute atomic E-state index is 12.7. The second-order valence-electron chi connectivity index (χ2n) is 7.07. The first kappa shape index (κ1) is 13.8. The summed E-state index contributed by atoms with van der Waals surface area (Å²) in [6.45, 7) is 1.96. The minimum atomic E-state index is -3.65. The molecule has 21 heavy (non-hydrogen) atoms. The Morgan fingerprint density at radius 3 is 2.67 bits per heavy atom. The molecular formula is C17H22O3S. The molecule has 0 unspecified atom stereocenters. The summed E-state index contributed by atoms with van der Waals surface area (Å²) in [5.41, 5.74) is 0.679. The molecule has 3 nitrogen and oxygen atoms in total. The van der Waals surface area contributed by atoms with Crippen LogP contribution >= 0.6 is 0 Å². The molecule has 0 saturated heterocycles. The van der Waals surface area contributed by atoms with Gasteiger partial charge in [-0.15, -0.1) is 0 Å². The van der Waals surface area contributed by atoms with E-state index in [-0.39, 0.29) is 5.60 Å². The first-order chi connectivity index (χ1) is 10.0. The summed E-state index contributed by atoms with van der Waals surface area (Å²) in [6, 6.07) is 7.00. The number of rotatable bonds is 3. The van der Waals surface area contributed by atoms with Crippen molar-refractivity contribution in [2.75, 3.05) is 0 Å². The molecule has 3 aliphatic carbocycles.